The minimum Gasteiger partial charge on any atom is -0.330 e. The molecule has 1 aromatic rings. The predicted molar refractivity (Wildman–Crippen MR) is 69.7 cm³/mol. The molecule has 2 rings (SSSR count). The number of sulfone groups is 1. The average molecular weight is 253 g/mol. The Hall–Kier alpha value is -0.870. The van der Waals surface area contributed by atoms with Gasteiger partial charge in [0, 0.05) is 11.7 Å². The van der Waals surface area contributed by atoms with Crippen molar-refractivity contribution in [3.8, 4) is 0 Å². The lowest BCUT2D eigenvalue weighted by molar-refractivity contribution is 0.593. The highest BCUT2D eigenvalue weighted by molar-refractivity contribution is 7.92. The molecule has 0 radical (unpaired) electrons. The molecule has 1 saturated carbocycles. The summed E-state index contributed by atoms with van der Waals surface area (Å²) >= 11 is 0. The van der Waals surface area contributed by atoms with Crippen molar-refractivity contribution in [2.75, 3.05) is 12.3 Å². The number of hydrogen-bond acceptors (Lipinski definition) is 3. The molecule has 0 saturated heterocycles. The summed E-state index contributed by atoms with van der Waals surface area (Å²) in [5, 5.41) is -0.264. The second kappa shape index (κ2) is 4.42. The van der Waals surface area contributed by atoms with Crippen LogP contribution in [0.2, 0.25) is 0 Å². The molecule has 1 aliphatic carbocycles. The van der Waals surface area contributed by atoms with Crippen LogP contribution in [0.1, 0.15) is 24.0 Å². The average Bonchev–Trinajstić information content (AvgIpc) is 3.05. The zero-order valence-electron chi connectivity index (χ0n) is 10.3. The van der Waals surface area contributed by atoms with Gasteiger partial charge >= 0.3 is 0 Å². The molecule has 0 bridgehead atoms. The van der Waals surface area contributed by atoms with Gasteiger partial charge in [-0.3, -0.25) is 0 Å². The van der Waals surface area contributed by atoms with Gasteiger partial charge in [-0.05, 0) is 24.9 Å². The summed E-state index contributed by atoms with van der Waals surface area (Å²) in [5.74, 6) is 0.407. The number of aryl methyl sites for hydroxylation is 1. The van der Waals surface area contributed by atoms with Gasteiger partial charge in [0.15, 0.2) is 9.84 Å². The van der Waals surface area contributed by atoms with Crippen LogP contribution in [0.25, 0.3) is 0 Å². The van der Waals surface area contributed by atoms with Crippen molar-refractivity contribution < 1.29 is 8.42 Å². The van der Waals surface area contributed by atoms with Gasteiger partial charge < -0.3 is 5.73 Å². The molecule has 2 N–H and O–H groups in total. The number of hydrogen-bond donors (Lipinski definition) is 1. The van der Waals surface area contributed by atoms with Gasteiger partial charge in [-0.1, -0.05) is 36.8 Å². The Kier molecular flexibility index (Phi) is 3.27. The maximum Gasteiger partial charge on any atom is 0.153 e. The Morgan fingerprint density at radius 2 is 1.82 bits per heavy atom. The van der Waals surface area contributed by atoms with Gasteiger partial charge in [0.1, 0.15) is 0 Å². The molecule has 1 aliphatic rings. The van der Waals surface area contributed by atoms with E-state index in [1.807, 2.05) is 31.2 Å². The molecule has 0 aromatic heterocycles. The van der Waals surface area contributed by atoms with Crippen LogP contribution in [0.3, 0.4) is 0 Å². The van der Waals surface area contributed by atoms with Crippen LogP contribution in [-0.4, -0.2) is 26.0 Å². The minimum absolute atomic E-state index is 0.0997. The van der Waals surface area contributed by atoms with Crippen molar-refractivity contribution in [2.45, 2.75) is 25.0 Å². The summed E-state index contributed by atoms with van der Waals surface area (Å²) < 4.78 is 23.9. The van der Waals surface area contributed by atoms with Crippen LogP contribution in [0.4, 0.5) is 0 Å². The van der Waals surface area contributed by atoms with Crippen molar-refractivity contribution in [2.24, 2.45) is 11.7 Å². The fourth-order valence-corrected chi connectivity index (χ4v) is 4.44. The maximum atomic E-state index is 11.9. The van der Waals surface area contributed by atoms with E-state index in [-0.39, 0.29) is 22.8 Å². The monoisotopic (exact) mass is 253 g/mol. The van der Waals surface area contributed by atoms with E-state index in [1.165, 1.54) is 5.56 Å². The second-order valence-corrected chi connectivity index (χ2v) is 7.20. The lowest BCUT2D eigenvalue weighted by atomic mass is 10.1. The van der Waals surface area contributed by atoms with E-state index >= 15 is 0 Å². The normalized spacial score (nSPS) is 28.1. The van der Waals surface area contributed by atoms with E-state index in [0.29, 0.717) is 6.54 Å². The van der Waals surface area contributed by atoms with Gasteiger partial charge in [-0.15, -0.1) is 0 Å². The Bertz CT molecular complexity index is 493. The predicted octanol–water partition coefficient (Wildman–Crippen LogP) is 1.47. The first-order valence-corrected chi connectivity index (χ1v) is 7.71. The Balaban J connectivity index is 2.26. The van der Waals surface area contributed by atoms with E-state index in [4.69, 9.17) is 5.73 Å². The molecule has 0 heterocycles. The third kappa shape index (κ3) is 2.24. The van der Waals surface area contributed by atoms with Crippen LogP contribution in [0.15, 0.2) is 24.3 Å². The molecule has 4 heteroatoms. The second-order valence-electron chi connectivity index (χ2n) is 4.75. The quantitative estimate of drug-likeness (QED) is 0.884. The lowest BCUT2D eigenvalue weighted by Gasteiger charge is -2.01. The smallest absolute Gasteiger partial charge is 0.153 e. The topological polar surface area (TPSA) is 60.2 Å². The van der Waals surface area contributed by atoms with Crippen LogP contribution in [0.5, 0.6) is 0 Å². The van der Waals surface area contributed by atoms with Crippen molar-refractivity contribution in [1.82, 2.24) is 0 Å². The highest BCUT2D eigenvalue weighted by Gasteiger charge is 2.56. The number of benzene rings is 1. The van der Waals surface area contributed by atoms with Gasteiger partial charge in [0.25, 0.3) is 0 Å². The highest BCUT2D eigenvalue weighted by atomic mass is 32.2. The van der Waals surface area contributed by atoms with Crippen LogP contribution in [-0.2, 0) is 9.84 Å². The van der Waals surface area contributed by atoms with E-state index in [0.717, 1.165) is 5.56 Å². The summed E-state index contributed by atoms with van der Waals surface area (Å²) in [6, 6.07) is 8.09. The largest absolute Gasteiger partial charge is 0.330 e. The minimum atomic E-state index is -2.97. The molecule has 0 unspecified atom stereocenters. The Morgan fingerprint density at radius 1 is 1.24 bits per heavy atom. The molecule has 0 spiro atoms. The molecule has 0 aliphatic heterocycles. The SMILES string of the molecule is CCS(=O)(=O)[C@H]1[C@@H](CN)[C@@H]1c1ccc(C)cc1. The molecule has 1 aromatic carbocycles. The Morgan fingerprint density at radius 3 is 2.29 bits per heavy atom. The number of nitrogens with two attached hydrogens (primary N) is 1. The molecule has 94 valence electrons. The first-order chi connectivity index (χ1) is 8.01. The van der Waals surface area contributed by atoms with Crippen molar-refractivity contribution in [3.63, 3.8) is 0 Å². The molecular formula is C13H19NO2S. The van der Waals surface area contributed by atoms with E-state index in [1.54, 1.807) is 6.92 Å². The van der Waals surface area contributed by atoms with Crippen LogP contribution >= 0.6 is 0 Å². The van der Waals surface area contributed by atoms with Gasteiger partial charge in [-0.25, -0.2) is 8.42 Å². The molecule has 3 atom stereocenters. The molecule has 17 heavy (non-hydrogen) atoms. The first kappa shape index (κ1) is 12.6. The van der Waals surface area contributed by atoms with E-state index < -0.39 is 9.84 Å². The summed E-state index contributed by atoms with van der Waals surface area (Å²) in [4.78, 5) is 0. The van der Waals surface area contributed by atoms with Crippen LogP contribution in [0, 0.1) is 12.8 Å². The van der Waals surface area contributed by atoms with Crippen LogP contribution < -0.4 is 5.73 Å². The van der Waals surface area contributed by atoms with Gasteiger partial charge in [0.2, 0.25) is 0 Å². The third-order valence-corrected chi connectivity index (χ3v) is 5.92. The summed E-state index contributed by atoms with van der Waals surface area (Å²) in [6.07, 6.45) is 0. The molecule has 3 nitrogen and oxygen atoms in total. The summed E-state index contributed by atoms with van der Waals surface area (Å²) in [6.45, 7) is 4.17. The van der Waals surface area contributed by atoms with E-state index in [2.05, 4.69) is 0 Å². The fourth-order valence-electron chi connectivity index (χ4n) is 2.53. The summed E-state index contributed by atoms with van der Waals surface area (Å²) in [7, 11) is -2.97. The number of rotatable bonds is 4. The van der Waals surface area contributed by atoms with Crippen molar-refractivity contribution >= 4 is 9.84 Å². The van der Waals surface area contributed by atoms with Crippen molar-refractivity contribution in [1.29, 1.82) is 0 Å². The van der Waals surface area contributed by atoms with E-state index in [9.17, 15) is 8.42 Å². The fraction of sp³-hybridized carbons (Fsp3) is 0.538. The highest BCUT2D eigenvalue weighted by Crippen LogP contribution is 2.51. The van der Waals surface area contributed by atoms with Gasteiger partial charge in [0.05, 0.1) is 5.25 Å². The standard InChI is InChI=1S/C13H19NO2S/c1-3-17(15,16)13-11(8-14)12(13)10-6-4-9(2)5-7-10/h4-7,11-13H,3,8,14H2,1-2H3/t11-,12-,13-/m0/s1. The molecular weight excluding hydrogens is 234 g/mol. The zero-order chi connectivity index (χ0) is 12.6. The van der Waals surface area contributed by atoms with Gasteiger partial charge in [-0.2, -0.15) is 0 Å². The zero-order valence-corrected chi connectivity index (χ0v) is 11.1. The molecule has 0 amide bonds. The summed E-state index contributed by atoms with van der Waals surface area (Å²) in [5.41, 5.74) is 7.96. The first-order valence-electron chi connectivity index (χ1n) is 5.99. The van der Waals surface area contributed by atoms with Crippen molar-refractivity contribution in [3.05, 3.63) is 35.4 Å². The maximum absolute atomic E-state index is 11.9. The lowest BCUT2D eigenvalue weighted by Crippen LogP contribution is -2.15. The molecule has 1 fully saturated rings. The third-order valence-electron chi connectivity index (χ3n) is 3.65. The Labute approximate surface area is 103 Å².